The Morgan fingerprint density at radius 2 is 2.14 bits per heavy atom. The number of nitrogens with one attached hydrogen (secondary N) is 1. The summed E-state index contributed by atoms with van der Waals surface area (Å²) in [4.78, 5) is 11.4. The molecule has 0 aliphatic carbocycles. The number of carbonyl (C=O) groups is 1. The molecule has 1 aromatic heterocycles. The van der Waals surface area contributed by atoms with Crippen LogP contribution in [0.2, 0.25) is 0 Å². The van der Waals surface area contributed by atoms with Gasteiger partial charge in [-0.05, 0) is 32.4 Å². The Hall–Kier alpha value is -1.60. The minimum atomic E-state index is -0.295. The molecule has 2 aromatic rings. The van der Waals surface area contributed by atoms with Crippen LogP contribution in [0.5, 0.6) is 0 Å². The topological polar surface area (TPSA) is 64.1 Å². The highest BCUT2D eigenvalue weighted by Gasteiger charge is 2.17. The number of anilines is 2. The van der Waals surface area contributed by atoms with Gasteiger partial charge in [0.25, 0.3) is 0 Å². The van der Waals surface area contributed by atoms with E-state index in [0.717, 1.165) is 15.6 Å². The molecule has 0 radical (unpaired) electrons. The third-order valence-electron chi connectivity index (χ3n) is 2.84. The van der Waals surface area contributed by atoms with Gasteiger partial charge in [-0.25, -0.2) is 0 Å². The molecule has 0 aliphatic heterocycles. The molecule has 7 heteroatoms. The largest absolute Gasteiger partial charge is 0.468 e. The number of hydrogen-bond acceptors (Lipinski definition) is 7. The van der Waals surface area contributed by atoms with Crippen LogP contribution < -0.4 is 5.32 Å². The van der Waals surface area contributed by atoms with Crippen LogP contribution in [0.4, 0.5) is 10.8 Å². The third kappa shape index (κ3) is 4.18. The molecule has 112 valence electrons. The molecule has 0 fully saturated rings. The van der Waals surface area contributed by atoms with E-state index in [9.17, 15) is 4.79 Å². The van der Waals surface area contributed by atoms with Gasteiger partial charge in [0.2, 0.25) is 5.13 Å². The first kappa shape index (κ1) is 15.8. The number of rotatable bonds is 5. The fourth-order valence-corrected chi connectivity index (χ4v) is 3.68. The lowest BCUT2D eigenvalue weighted by Crippen LogP contribution is -2.14. The van der Waals surface area contributed by atoms with Crippen LogP contribution in [0.15, 0.2) is 22.5 Å². The van der Waals surface area contributed by atoms with E-state index in [-0.39, 0.29) is 11.2 Å². The predicted octanol–water partition coefficient (Wildman–Crippen LogP) is 3.55. The molecule has 0 spiro atoms. The van der Waals surface area contributed by atoms with Crippen molar-refractivity contribution in [2.45, 2.75) is 30.4 Å². The van der Waals surface area contributed by atoms with Gasteiger partial charge in [-0.15, -0.1) is 10.2 Å². The Balaban J connectivity index is 2.04. The van der Waals surface area contributed by atoms with E-state index in [1.807, 2.05) is 19.1 Å². The summed E-state index contributed by atoms with van der Waals surface area (Å²) < 4.78 is 5.43. The molecule has 0 unspecified atom stereocenters. The summed E-state index contributed by atoms with van der Waals surface area (Å²) in [6.45, 7) is 5.89. The zero-order chi connectivity index (χ0) is 15.4. The first-order valence-electron chi connectivity index (χ1n) is 6.42. The average Bonchev–Trinajstić information content (AvgIpc) is 2.88. The zero-order valence-corrected chi connectivity index (χ0v) is 14.0. The average molecular weight is 323 g/mol. The Morgan fingerprint density at radius 3 is 2.81 bits per heavy atom. The first-order valence-corrected chi connectivity index (χ1v) is 8.11. The lowest BCUT2D eigenvalue weighted by atomic mass is 10.1. The van der Waals surface area contributed by atoms with E-state index < -0.39 is 0 Å². The van der Waals surface area contributed by atoms with Gasteiger partial charge in [0.05, 0.1) is 7.11 Å². The normalized spacial score (nSPS) is 12.0. The molecule has 1 atom stereocenters. The molecule has 0 saturated heterocycles. The monoisotopic (exact) mass is 323 g/mol. The summed E-state index contributed by atoms with van der Waals surface area (Å²) >= 11 is 2.76. The number of ether oxygens (including phenoxy) is 1. The number of nitrogens with zero attached hydrogens (tertiary/aromatic N) is 2. The van der Waals surface area contributed by atoms with E-state index >= 15 is 0 Å². The second-order valence-electron chi connectivity index (χ2n) is 4.60. The molecule has 1 heterocycles. The highest BCUT2D eigenvalue weighted by atomic mass is 32.2. The Labute approximate surface area is 132 Å². The second kappa shape index (κ2) is 6.91. The van der Waals surface area contributed by atoms with Crippen LogP contribution in [0.3, 0.4) is 0 Å². The van der Waals surface area contributed by atoms with Crippen LogP contribution >= 0.6 is 23.1 Å². The molecular weight excluding hydrogens is 306 g/mol. The lowest BCUT2D eigenvalue weighted by Gasteiger charge is -2.07. The molecule has 1 N–H and O–H groups in total. The maximum atomic E-state index is 11.4. The van der Waals surface area contributed by atoms with Crippen molar-refractivity contribution >= 4 is 39.9 Å². The van der Waals surface area contributed by atoms with Crippen molar-refractivity contribution < 1.29 is 9.53 Å². The number of aryl methyl sites for hydroxylation is 2. The molecule has 0 amide bonds. The molecule has 1 aromatic carbocycles. The molecule has 2 rings (SSSR count). The van der Waals surface area contributed by atoms with Gasteiger partial charge < -0.3 is 10.1 Å². The zero-order valence-electron chi connectivity index (χ0n) is 12.3. The van der Waals surface area contributed by atoms with Gasteiger partial charge in [0.15, 0.2) is 4.34 Å². The van der Waals surface area contributed by atoms with Crippen LogP contribution in [-0.4, -0.2) is 28.5 Å². The molecule has 5 nitrogen and oxygen atoms in total. The molecule has 0 saturated carbocycles. The van der Waals surface area contributed by atoms with Gasteiger partial charge in [-0.2, -0.15) is 0 Å². The summed E-state index contributed by atoms with van der Waals surface area (Å²) in [6, 6.07) is 6.18. The van der Waals surface area contributed by atoms with Crippen LogP contribution in [-0.2, 0) is 9.53 Å². The minimum Gasteiger partial charge on any atom is -0.468 e. The Morgan fingerprint density at radius 1 is 1.38 bits per heavy atom. The molecule has 0 aliphatic rings. The number of thioether (sulfide) groups is 1. The van der Waals surface area contributed by atoms with E-state index in [1.165, 1.54) is 35.8 Å². The number of aromatic nitrogens is 2. The summed E-state index contributed by atoms with van der Waals surface area (Å²) in [5.74, 6) is -0.265. The van der Waals surface area contributed by atoms with E-state index in [0.29, 0.717) is 5.13 Å². The fraction of sp³-hybridized carbons (Fsp3) is 0.357. The van der Waals surface area contributed by atoms with Crippen LogP contribution in [0.1, 0.15) is 18.1 Å². The van der Waals surface area contributed by atoms with Gasteiger partial charge in [-0.1, -0.05) is 40.8 Å². The van der Waals surface area contributed by atoms with Crippen molar-refractivity contribution in [2.24, 2.45) is 0 Å². The van der Waals surface area contributed by atoms with Gasteiger partial charge in [0, 0.05) is 5.69 Å². The SMILES string of the molecule is COC(=O)[C@H](C)Sc1nnc(Nc2ccc(C)cc2C)s1. The molecule has 21 heavy (non-hydrogen) atoms. The number of methoxy groups -OCH3 is 1. The van der Waals surface area contributed by atoms with Crippen molar-refractivity contribution in [1.82, 2.24) is 10.2 Å². The van der Waals surface area contributed by atoms with Gasteiger partial charge in [-0.3, -0.25) is 4.79 Å². The van der Waals surface area contributed by atoms with Crippen LogP contribution in [0.25, 0.3) is 0 Å². The standard InChI is InChI=1S/C14H17N3O2S2/c1-8-5-6-11(9(2)7-8)15-13-16-17-14(21-13)20-10(3)12(18)19-4/h5-7,10H,1-4H3,(H,15,16)/t10-/m0/s1. The second-order valence-corrected chi connectivity index (χ2v) is 7.17. The number of esters is 1. The number of benzene rings is 1. The van der Waals surface area contributed by atoms with Gasteiger partial charge >= 0.3 is 5.97 Å². The maximum absolute atomic E-state index is 11.4. The van der Waals surface area contributed by atoms with Crippen molar-refractivity contribution in [2.75, 3.05) is 12.4 Å². The highest BCUT2D eigenvalue weighted by Crippen LogP contribution is 2.31. The number of carbonyl (C=O) groups excluding carboxylic acids is 1. The maximum Gasteiger partial charge on any atom is 0.318 e. The summed E-state index contributed by atoms with van der Waals surface area (Å²) in [5.41, 5.74) is 3.38. The lowest BCUT2D eigenvalue weighted by molar-refractivity contribution is -0.139. The van der Waals surface area contributed by atoms with Crippen LogP contribution in [0, 0.1) is 13.8 Å². The predicted molar refractivity (Wildman–Crippen MR) is 86.4 cm³/mol. The third-order valence-corrected chi connectivity index (χ3v) is 4.84. The van der Waals surface area contributed by atoms with E-state index in [4.69, 9.17) is 4.74 Å². The molecular formula is C14H17N3O2S2. The van der Waals surface area contributed by atoms with E-state index in [1.54, 1.807) is 6.92 Å². The smallest absolute Gasteiger partial charge is 0.318 e. The Bertz CT molecular complexity index is 643. The van der Waals surface area contributed by atoms with Crippen molar-refractivity contribution in [3.05, 3.63) is 29.3 Å². The first-order chi connectivity index (χ1) is 9.99. The van der Waals surface area contributed by atoms with Crippen molar-refractivity contribution in [3.63, 3.8) is 0 Å². The summed E-state index contributed by atoms with van der Waals surface area (Å²) in [6.07, 6.45) is 0. The van der Waals surface area contributed by atoms with Crippen molar-refractivity contribution in [1.29, 1.82) is 0 Å². The molecule has 0 bridgehead atoms. The quantitative estimate of drug-likeness (QED) is 0.670. The fourth-order valence-electron chi connectivity index (χ4n) is 1.74. The minimum absolute atomic E-state index is 0.265. The van der Waals surface area contributed by atoms with E-state index in [2.05, 4.69) is 28.5 Å². The highest BCUT2D eigenvalue weighted by molar-refractivity contribution is 8.02. The Kier molecular flexibility index (Phi) is 5.19. The van der Waals surface area contributed by atoms with Crippen molar-refractivity contribution in [3.8, 4) is 0 Å². The summed E-state index contributed by atoms with van der Waals surface area (Å²) in [5, 5.41) is 11.8. The van der Waals surface area contributed by atoms with Gasteiger partial charge in [0.1, 0.15) is 5.25 Å². The summed E-state index contributed by atoms with van der Waals surface area (Å²) in [7, 11) is 1.38. The number of hydrogen-bond donors (Lipinski definition) is 1.